The van der Waals surface area contributed by atoms with Crippen molar-refractivity contribution in [3.63, 3.8) is 0 Å². The number of hydrogen-bond donors (Lipinski definition) is 3. The second kappa shape index (κ2) is 10.8. The van der Waals surface area contributed by atoms with Crippen LogP contribution < -0.4 is 30.6 Å². The van der Waals surface area contributed by atoms with Crippen molar-refractivity contribution in [1.29, 1.82) is 0 Å². The highest BCUT2D eigenvalue weighted by Gasteiger charge is 2.31. The minimum Gasteiger partial charge on any atom is -0.497 e. The smallest absolute Gasteiger partial charge is 0.255 e. The monoisotopic (exact) mass is 445 g/mol. The molecule has 0 saturated carbocycles. The van der Waals surface area contributed by atoms with Crippen LogP contribution in [0.4, 0.5) is 4.39 Å². The molecule has 9 heteroatoms. The van der Waals surface area contributed by atoms with Gasteiger partial charge in [0.1, 0.15) is 11.6 Å². The van der Waals surface area contributed by atoms with E-state index in [0.717, 1.165) is 5.56 Å². The lowest BCUT2D eigenvalue weighted by Crippen LogP contribution is -2.48. The van der Waals surface area contributed by atoms with Crippen molar-refractivity contribution in [2.45, 2.75) is 38.4 Å². The van der Waals surface area contributed by atoms with Gasteiger partial charge in [0, 0.05) is 24.6 Å². The highest BCUT2D eigenvalue weighted by molar-refractivity contribution is 5.77. The van der Waals surface area contributed by atoms with Crippen molar-refractivity contribution < 1.29 is 28.2 Å². The topological polar surface area (TPSA) is 112 Å². The summed E-state index contributed by atoms with van der Waals surface area (Å²) in [4.78, 5) is 23.0. The molecule has 1 saturated heterocycles. The Morgan fingerprint density at radius 3 is 2.75 bits per heavy atom. The van der Waals surface area contributed by atoms with Gasteiger partial charge in [-0.2, -0.15) is 0 Å². The Balaban J connectivity index is 1.76. The first-order valence-electron chi connectivity index (χ1n) is 10.4. The van der Waals surface area contributed by atoms with Gasteiger partial charge in [-0.3, -0.25) is 9.59 Å². The molecule has 1 aliphatic rings. The molecule has 8 nitrogen and oxygen atoms in total. The second-order valence-electron chi connectivity index (χ2n) is 7.43. The van der Waals surface area contributed by atoms with Crippen LogP contribution in [0.1, 0.15) is 36.9 Å². The first-order chi connectivity index (χ1) is 15.4. The summed E-state index contributed by atoms with van der Waals surface area (Å²) < 4.78 is 30.8. The van der Waals surface area contributed by atoms with E-state index in [1.165, 1.54) is 13.2 Å². The summed E-state index contributed by atoms with van der Waals surface area (Å²) in [5, 5.41) is 6.31. The number of ether oxygens (including phenoxy) is 3. The highest BCUT2D eigenvalue weighted by Crippen LogP contribution is 2.31. The number of piperidine rings is 1. The number of nitrogens with one attached hydrogen (secondary N) is 2. The van der Waals surface area contributed by atoms with Gasteiger partial charge in [0.15, 0.2) is 18.1 Å². The molecule has 2 atom stereocenters. The normalized spacial score (nSPS) is 18.0. The van der Waals surface area contributed by atoms with E-state index in [2.05, 4.69) is 10.6 Å². The minimum absolute atomic E-state index is 0.121. The van der Waals surface area contributed by atoms with E-state index >= 15 is 0 Å². The summed E-state index contributed by atoms with van der Waals surface area (Å²) in [5.41, 5.74) is 6.42. The Morgan fingerprint density at radius 1 is 1.22 bits per heavy atom. The van der Waals surface area contributed by atoms with Crippen LogP contribution in [0.15, 0.2) is 36.4 Å². The molecule has 2 amide bonds. The molecular weight excluding hydrogens is 417 g/mol. The first-order valence-corrected chi connectivity index (χ1v) is 10.4. The molecule has 1 aliphatic heterocycles. The number of amides is 2. The van der Waals surface area contributed by atoms with Gasteiger partial charge in [0.25, 0.3) is 5.91 Å². The molecule has 0 spiro atoms. The number of methoxy groups -OCH3 is 1. The van der Waals surface area contributed by atoms with Gasteiger partial charge in [0.05, 0.1) is 19.8 Å². The Hall–Kier alpha value is -3.33. The Morgan fingerprint density at radius 2 is 2.03 bits per heavy atom. The molecule has 172 valence electrons. The van der Waals surface area contributed by atoms with Crippen LogP contribution in [0.3, 0.4) is 0 Å². The number of halogens is 1. The number of primary amides is 1. The molecular formula is C23H28FN3O5. The van der Waals surface area contributed by atoms with Gasteiger partial charge in [-0.1, -0.05) is 6.07 Å². The Labute approximate surface area is 186 Å². The Kier molecular flexibility index (Phi) is 7.88. The lowest BCUT2D eigenvalue weighted by Gasteiger charge is -2.33. The summed E-state index contributed by atoms with van der Waals surface area (Å²) in [7, 11) is 1.51. The minimum atomic E-state index is -0.576. The lowest BCUT2D eigenvalue weighted by atomic mass is 9.91. The molecule has 4 N–H and O–H groups in total. The first kappa shape index (κ1) is 23.3. The summed E-state index contributed by atoms with van der Waals surface area (Å²) in [6, 6.07) is 9.15. The third-order valence-electron chi connectivity index (χ3n) is 5.19. The average molecular weight is 445 g/mol. The third kappa shape index (κ3) is 5.88. The van der Waals surface area contributed by atoms with Crippen molar-refractivity contribution in [2.75, 3.05) is 20.3 Å². The van der Waals surface area contributed by atoms with Crippen LogP contribution in [0.2, 0.25) is 0 Å². The fraction of sp³-hybridized carbons (Fsp3) is 0.391. The molecule has 2 aromatic carbocycles. The standard InChI is InChI=1S/C23H28FN3O5/c1-3-31-20-10-14(4-8-19(20)32-13-21(25)28)12-26-18-7-9-22(29)27-23(18)16-11-15(30-2)5-6-17(16)24/h4-6,8,10-11,18,23,26H,3,7,9,12-13H2,1-2H3,(H2,25,28)(H,27,29)/t18-,23+/m1/s1. The van der Waals surface area contributed by atoms with Crippen LogP contribution in [-0.2, 0) is 16.1 Å². The van der Waals surface area contributed by atoms with Crippen molar-refractivity contribution >= 4 is 11.8 Å². The molecule has 2 aromatic rings. The Bertz CT molecular complexity index is 969. The summed E-state index contributed by atoms with van der Waals surface area (Å²) in [6.45, 7) is 2.49. The maximum absolute atomic E-state index is 14.6. The quantitative estimate of drug-likeness (QED) is 0.517. The summed E-state index contributed by atoms with van der Waals surface area (Å²) in [6.07, 6.45) is 0.912. The van der Waals surface area contributed by atoms with Crippen LogP contribution in [0, 0.1) is 5.82 Å². The summed E-state index contributed by atoms with van der Waals surface area (Å²) in [5.74, 6) is 0.349. The molecule has 0 aliphatic carbocycles. The van der Waals surface area contributed by atoms with Crippen LogP contribution in [0.5, 0.6) is 17.2 Å². The third-order valence-corrected chi connectivity index (χ3v) is 5.19. The van der Waals surface area contributed by atoms with Gasteiger partial charge in [-0.05, 0) is 49.2 Å². The number of rotatable bonds is 10. The maximum atomic E-state index is 14.6. The van der Waals surface area contributed by atoms with Crippen LogP contribution in [-0.4, -0.2) is 38.2 Å². The zero-order valence-electron chi connectivity index (χ0n) is 18.2. The highest BCUT2D eigenvalue weighted by atomic mass is 19.1. The zero-order chi connectivity index (χ0) is 23.1. The van der Waals surface area contributed by atoms with Crippen LogP contribution >= 0.6 is 0 Å². The van der Waals surface area contributed by atoms with E-state index in [1.807, 2.05) is 19.1 Å². The van der Waals surface area contributed by atoms with E-state index in [0.29, 0.717) is 48.8 Å². The summed E-state index contributed by atoms with van der Waals surface area (Å²) >= 11 is 0. The molecule has 0 bridgehead atoms. The zero-order valence-corrected chi connectivity index (χ0v) is 18.2. The predicted molar refractivity (Wildman–Crippen MR) is 116 cm³/mol. The largest absolute Gasteiger partial charge is 0.497 e. The van der Waals surface area contributed by atoms with E-state index in [-0.39, 0.29) is 18.6 Å². The van der Waals surface area contributed by atoms with Crippen LogP contribution in [0.25, 0.3) is 0 Å². The predicted octanol–water partition coefficient (Wildman–Crippen LogP) is 2.21. The average Bonchev–Trinajstić information content (AvgIpc) is 2.78. The number of nitrogens with two attached hydrogens (primary N) is 1. The molecule has 0 unspecified atom stereocenters. The number of carbonyl (C=O) groups is 2. The fourth-order valence-electron chi connectivity index (χ4n) is 3.65. The number of benzene rings is 2. The van der Waals surface area contributed by atoms with Gasteiger partial charge < -0.3 is 30.6 Å². The number of hydrogen-bond acceptors (Lipinski definition) is 6. The SMILES string of the molecule is CCOc1cc(CN[C@@H]2CCC(=O)N[C@H]2c2cc(OC)ccc2F)ccc1OCC(N)=O. The van der Waals surface area contributed by atoms with E-state index < -0.39 is 17.8 Å². The van der Waals surface area contributed by atoms with E-state index in [9.17, 15) is 14.0 Å². The molecule has 3 rings (SSSR count). The van der Waals surface area contributed by atoms with Crippen molar-refractivity contribution in [3.05, 3.63) is 53.3 Å². The molecule has 0 radical (unpaired) electrons. The van der Waals surface area contributed by atoms with Crippen molar-refractivity contribution in [2.24, 2.45) is 5.73 Å². The van der Waals surface area contributed by atoms with Gasteiger partial charge in [0.2, 0.25) is 5.91 Å². The van der Waals surface area contributed by atoms with Crippen molar-refractivity contribution in [3.8, 4) is 17.2 Å². The molecule has 1 fully saturated rings. The fourth-order valence-corrected chi connectivity index (χ4v) is 3.65. The van der Waals surface area contributed by atoms with E-state index in [4.69, 9.17) is 19.9 Å². The van der Waals surface area contributed by atoms with Gasteiger partial charge >= 0.3 is 0 Å². The molecule has 1 heterocycles. The molecule has 0 aromatic heterocycles. The van der Waals surface area contributed by atoms with Crippen molar-refractivity contribution in [1.82, 2.24) is 10.6 Å². The second-order valence-corrected chi connectivity index (χ2v) is 7.43. The van der Waals surface area contributed by atoms with E-state index in [1.54, 1.807) is 18.2 Å². The lowest BCUT2D eigenvalue weighted by molar-refractivity contribution is -0.124. The molecule has 32 heavy (non-hydrogen) atoms. The van der Waals surface area contributed by atoms with Gasteiger partial charge in [-0.15, -0.1) is 0 Å². The number of carbonyl (C=O) groups excluding carboxylic acids is 2. The van der Waals surface area contributed by atoms with Gasteiger partial charge in [-0.25, -0.2) is 4.39 Å². The maximum Gasteiger partial charge on any atom is 0.255 e.